The highest BCUT2D eigenvalue weighted by Crippen LogP contribution is 2.13. The first-order valence-corrected chi connectivity index (χ1v) is 6.44. The maximum atomic E-state index is 11.9. The molecule has 1 rings (SSSR count). The Labute approximate surface area is 102 Å². The van der Waals surface area contributed by atoms with Crippen molar-refractivity contribution in [1.82, 2.24) is 4.90 Å². The Morgan fingerprint density at radius 2 is 1.76 bits per heavy atom. The van der Waals surface area contributed by atoms with E-state index < -0.39 is 10.0 Å². The molecule has 0 aromatic heterocycles. The summed E-state index contributed by atoms with van der Waals surface area (Å²) in [5, 5.41) is 0. The second-order valence-electron chi connectivity index (χ2n) is 3.76. The van der Waals surface area contributed by atoms with Gasteiger partial charge < -0.3 is 9.64 Å². The fraction of sp³-hybridized carbons (Fsp3) is 0.364. The van der Waals surface area contributed by atoms with Crippen molar-refractivity contribution in [1.29, 1.82) is 0 Å². The average molecular weight is 256 g/mol. The van der Waals surface area contributed by atoms with Crippen molar-refractivity contribution in [2.75, 3.05) is 21.2 Å². The van der Waals surface area contributed by atoms with E-state index in [-0.39, 0.29) is 10.9 Å². The maximum absolute atomic E-state index is 11.9. The Bertz CT molecular complexity index is 504. The second kappa shape index (κ2) is 5.18. The van der Waals surface area contributed by atoms with Crippen molar-refractivity contribution < 1.29 is 13.2 Å². The Hall–Kier alpha value is -1.56. The minimum Gasteiger partial charge on any atom is -0.468 e. The molecule has 0 amide bonds. The summed E-state index contributed by atoms with van der Waals surface area (Å²) in [4.78, 5) is 1.64. The number of methoxy groups -OCH3 is 1. The summed E-state index contributed by atoms with van der Waals surface area (Å²) in [6.07, 6.45) is 0. The number of rotatable bonds is 2. The van der Waals surface area contributed by atoms with Gasteiger partial charge in [-0.15, -0.1) is 4.40 Å². The number of sulfonamides is 1. The summed E-state index contributed by atoms with van der Waals surface area (Å²) >= 11 is 0. The van der Waals surface area contributed by atoms with E-state index in [4.69, 9.17) is 4.74 Å². The standard InChI is InChI=1S/C11H16N2O3S/c1-9-5-7-10(8-6-9)17(14,15)12-11(16-4)13(2)3/h5-8H,1-4H3. The summed E-state index contributed by atoms with van der Waals surface area (Å²) in [5.41, 5.74) is 0.993. The highest BCUT2D eigenvalue weighted by molar-refractivity contribution is 7.90. The molecule has 6 heteroatoms. The van der Waals surface area contributed by atoms with Gasteiger partial charge in [0.1, 0.15) is 0 Å². The van der Waals surface area contributed by atoms with Gasteiger partial charge in [-0.25, -0.2) is 0 Å². The first kappa shape index (κ1) is 13.5. The van der Waals surface area contributed by atoms with Crippen LogP contribution in [0, 0.1) is 6.92 Å². The van der Waals surface area contributed by atoms with E-state index in [1.54, 1.807) is 26.2 Å². The number of ether oxygens (including phenoxy) is 1. The van der Waals surface area contributed by atoms with Crippen molar-refractivity contribution in [2.24, 2.45) is 4.40 Å². The van der Waals surface area contributed by atoms with Crippen LogP contribution in [0.15, 0.2) is 33.6 Å². The van der Waals surface area contributed by atoms with Crippen molar-refractivity contribution in [2.45, 2.75) is 11.8 Å². The Balaban J connectivity index is 3.16. The SMILES string of the molecule is COC(=NS(=O)(=O)c1ccc(C)cc1)N(C)C. The minimum absolute atomic E-state index is 0.0468. The molecule has 94 valence electrons. The van der Waals surface area contributed by atoms with Crippen LogP contribution < -0.4 is 0 Å². The lowest BCUT2D eigenvalue weighted by Crippen LogP contribution is -2.24. The van der Waals surface area contributed by atoms with Gasteiger partial charge in [-0.1, -0.05) is 17.7 Å². The lowest BCUT2D eigenvalue weighted by atomic mass is 10.2. The molecule has 0 aliphatic rings. The molecular weight excluding hydrogens is 240 g/mol. The molecule has 17 heavy (non-hydrogen) atoms. The quantitative estimate of drug-likeness (QED) is 0.590. The second-order valence-corrected chi connectivity index (χ2v) is 5.36. The first-order valence-electron chi connectivity index (χ1n) is 5.00. The van der Waals surface area contributed by atoms with E-state index in [1.807, 2.05) is 6.92 Å². The molecule has 0 bridgehead atoms. The Kier molecular flexibility index (Phi) is 4.11. The smallest absolute Gasteiger partial charge is 0.302 e. The number of hydrogen-bond donors (Lipinski definition) is 0. The molecule has 1 aromatic rings. The van der Waals surface area contributed by atoms with Crippen LogP contribution in [0.25, 0.3) is 0 Å². The summed E-state index contributed by atoms with van der Waals surface area (Å²) in [5.74, 6) is 0. The third kappa shape index (κ3) is 3.45. The molecule has 0 aliphatic carbocycles. The highest BCUT2D eigenvalue weighted by atomic mass is 32.2. The van der Waals surface area contributed by atoms with Gasteiger partial charge in [-0.2, -0.15) is 8.42 Å². The third-order valence-electron chi connectivity index (χ3n) is 2.08. The summed E-state index contributed by atoms with van der Waals surface area (Å²) in [6.45, 7) is 1.89. The lowest BCUT2D eigenvalue weighted by molar-refractivity contribution is 0.332. The van der Waals surface area contributed by atoms with Crippen molar-refractivity contribution >= 4 is 16.0 Å². The molecule has 0 atom stereocenters. The summed E-state index contributed by atoms with van der Waals surface area (Å²) in [7, 11) is 0.986. The number of benzene rings is 1. The van der Waals surface area contributed by atoms with E-state index in [2.05, 4.69) is 4.40 Å². The van der Waals surface area contributed by atoms with E-state index >= 15 is 0 Å². The minimum atomic E-state index is -3.71. The normalized spacial score (nSPS) is 12.4. The Morgan fingerprint density at radius 3 is 2.18 bits per heavy atom. The molecule has 0 unspecified atom stereocenters. The van der Waals surface area contributed by atoms with Gasteiger partial charge in [-0.3, -0.25) is 0 Å². The lowest BCUT2D eigenvalue weighted by Gasteiger charge is -2.12. The predicted molar refractivity (Wildman–Crippen MR) is 66.5 cm³/mol. The molecule has 5 nitrogen and oxygen atoms in total. The van der Waals surface area contributed by atoms with Crippen LogP contribution in [0.3, 0.4) is 0 Å². The van der Waals surface area contributed by atoms with Crippen LogP contribution in [0.4, 0.5) is 0 Å². The van der Waals surface area contributed by atoms with Crippen LogP contribution in [-0.2, 0) is 14.8 Å². The summed E-state index contributed by atoms with van der Waals surface area (Å²) in [6, 6.07) is 6.55. The largest absolute Gasteiger partial charge is 0.468 e. The summed E-state index contributed by atoms with van der Waals surface area (Å²) < 4.78 is 32.4. The molecular formula is C11H16N2O3S. The zero-order valence-electron chi connectivity index (χ0n) is 10.3. The fourth-order valence-corrected chi connectivity index (χ4v) is 2.20. The van der Waals surface area contributed by atoms with Crippen molar-refractivity contribution in [3.05, 3.63) is 29.8 Å². The van der Waals surface area contributed by atoms with Crippen LogP contribution in [0.5, 0.6) is 0 Å². The van der Waals surface area contributed by atoms with Crippen LogP contribution in [0.2, 0.25) is 0 Å². The predicted octanol–water partition coefficient (Wildman–Crippen LogP) is 1.25. The van der Waals surface area contributed by atoms with Crippen LogP contribution in [-0.4, -0.2) is 40.5 Å². The molecule has 0 spiro atoms. The van der Waals surface area contributed by atoms with Gasteiger partial charge in [0.2, 0.25) is 0 Å². The molecule has 0 fully saturated rings. The molecule has 0 aliphatic heterocycles. The molecule has 0 radical (unpaired) electrons. The molecule has 0 heterocycles. The number of amidine groups is 1. The van der Waals surface area contributed by atoms with Crippen LogP contribution >= 0.6 is 0 Å². The van der Waals surface area contributed by atoms with Gasteiger partial charge in [0.25, 0.3) is 10.0 Å². The van der Waals surface area contributed by atoms with Gasteiger partial charge in [0.15, 0.2) is 0 Å². The average Bonchev–Trinajstić information content (AvgIpc) is 2.26. The highest BCUT2D eigenvalue weighted by Gasteiger charge is 2.15. The van der Waals surface area contributed by atoms with Gasteiger partial charge >= 0.3 is 6.02 Å². The maximum Gasteiger partial charge on any atom is 0.302 e. The Morgan fingerprint density at radius 1 is 1.24 bits per heavy atom. The van der Waals surface area contributed by atoms with Crippen LogP contribution in [0.1, 0.15) is 5.56 Å². The van der Waals surface area contributed by atoms with E-state index in [0.717, 1.165) is 5.56 Å². The van der Waals surface area contributed by atoms with Crippen molar-refractivity contribution in [3.63, 3.8) is 0 Å². The zero-order valence-corrected chi connectivity index (χ0v) is 11.2. The third-order valence-corrected chi connectivity index (χ3v) is 3.35. The first-order chi connectivity index (χ1) is 7.86. The molecule has 0 saturated heterocycles. The molecule has 0 saturated carbocycles. The van der Waals surface area contributed by atoms with Gasteiger partial charge in [-0.05, 0) is 19.1 Å². The number of hydrogen-bond acceptors (Lipinski definition) is 3. The number of aryl methyl sites for hydroxylation is 1. The molecule has 0 N–H and O–H groups in total. The van der Waals surface area contributed by atoms with E-state index in [0.29, 0.717) is 0 Å². The van der Waals surface area contributed by atoms with Crippen molar-refractivity contribution in [3.8, 4) is 0 Å². The number of nitrogens with zero attached hydrogens (tertiary/aromatic N) is 2. The molecule has 1 aromatic carbocycles. The fourth-order valence-electron chi connectivity index (χ4n) is 1.17. The van der Waals surface area contributed by atoms with Gasteiger partial charge in [0, 0.05) is 14.1 Å². The van der Waals surface area contributed by atoms with E-state index in [1.165, 1.54) is 24.1 Å². The topological polar surface area (TPSA) is 59.0 Å². The van der Waals surface area contributed by atoms with Gasteiger partial charge in [0.05, 0.1) is 12.0 Å². The van der Waals surface area contributed by atoms with E-state index in [9.17, 15) is 8.42 Å². The monoisotopic (exact) mass is 256 g/mol. The zero-order chi connectivity index (χ0) is 13.1.